The van der Waals surface area contributed by atoms with Crippen molar-refractivity contribution in [1.82, 2.24) is 0 Å². The summed E-state index contributed by atoms with van der Waals surface area (Å²) in [4.78, 5) is 21.1. The molecule has 40 heavy (non-hydrogen) atoms. The van der Waals surface area contributed by atoms with Crippen LogP contribution in [-0.2, 0) is 36.8 Å². The van der Waals surface area contributed by atoms with E-state index in [0.29, 0.717) is 23.2 Å². The van der Waals surface area contributed by atoms with Crippen LogP contribution in [0.25, 0.3) is 0 Å². The Labute approximate surface area is 280 Å². The SMILES string of the molecule is C1CCOC1.CC(C)(O)c1cc(O)cc(C(C)(C)O)c1.COC(=O)c1cc(O)cc(COC=O)c1.[CH3-].[CH3-].[Cl-].[InH4-].[Mg+2]. The van der Waals surface area contributed by atoms with Crippen LogP contribution in [0.2, 0.25) is 0 Å². The first-order valence-electron chi connectivity index (χ1n) is 11.1. The molecule has 0 aliphatic carbocycles. The average Bonchev–Trinajstić information content (AvgIpc) is 3.36. The van der Waals surface area contributed by atoms with Crippen LogP contribution in [0.1, 0.15) is 67.6 Å². The second kappa shape index (κ2) is 23.4. The van der Waals surface area contributed by atoms with Crippen molar-refractivity contribution in [2.75, 3.05) is 20.3 Å². The standard InChI is InChI=1S/C12H18O3.C10H10O5.C4H8O.2CH3.ClH.In.Mg.4H/c1-11(2,14)8-5-9(12(3,4)15)7-10(13)6-8;1-14-10(13)8-2-7(5-15-6-11)3-9(12)4-8;1-2-4-5-3-1;;;;;;;;;/h5-7,13-15H,1-4H3;2-4,6,12H,5H2,1H3;1-4H2;2*1H3;1H;;;;;;/q;;;2*-1;;-1;+2;;;;/p-1. The van der Waals surface area contributed by atoms with Crippen molar-refractivity contribution in [3.8, 4) is 11.5 Å². The van der Waals surface area contributed by atoms with Gasteiger partial charge < -0.3 is 61.9 Å². The Kier molecular flexibility index (Phi) is 28.3. The molecule has 2 aromatic carbocycles. The summed E-state index contributed by atoms with van der Waals surface area (Å²) >= 11 is 0. The molecule has 0 aromatic heterocycles. The minimum atomic E-state index is -1.03. The van der Waals surface area contributed by atoms with E-state index in [-0.39, 0.29) is 99.8 Å². The fourth-order valence-electron chi connectivity index (χ4n) is 2.95. The predicted octanol–water partition coefficient (Wildman–Crippen LogP) is -0.432. The molecule has 0 amide bonds. The summed E-state index contributed by atoms with van der Waals surface area (Å²) in [5.74, 6) is -0.590. The summed E-state index contributed by atoms with van der Waals surface area (Å²) in [6, 6.07) is 8.84. The first kappa shape index (κ1) is 48.5. The normalized spacial score (nSPS) is 11.4. The van der Waals surface area contributed by atoms with Gasteiger partial charge in [-0.25, -0.2) is 4.79 Å². The number of hydrogen-bond donors (Lipinski definition) is 4. The topological polar surface area (TPSA) is 143 Å². The number of carbonyl (C=O) groups excluding carboxylic acids is 2. The molecule has 0 radical (unpaired) electrons. The van der Waals surface area contributed by atoms with E-state index >= 15 is 0 Å². The van der Waals surface area contributed by atoms with Crippen LogP contribution in [0.15, 0.2) is 36.4 Å². The Hall–Kier alpha value is -1.21. The minimum absolute atomic E-state index is 0. The molecule has 9 nitrogen and oxygen atoms in total. The number of esters is 1. The van der Waals surface area contributed by atoms with Crippen molar-refractivity contribution in [3.63, 3.8) is 0 Å². The van der Waals surface area contributed by atoms with Gasteiger partial charge in [-0.15, -0.1) is 0 Å². The van der Waals surface area contributed by atoms with Gasteiger partial charge in [-0.1, -0.05) is 0 Å². The van der Waals surface area contributed by atoms with Crippen molar-refractivity contribution >= 4 is 61.3 Å². The number of benzene rings is 2. The van der Waals surface area contributed by atoms with Gasteiger partial charge in [-0.05, 0) is 93.6 Å². The van der Waals surface area contributed by atoms with Crippen LogP contribution in [0.4, 0.5) is 0 Å². The van der Waals surface area contributed by atoms with Crippen LogP contribution in [0, 0.1) is 14.9 Å². The number of aliphatic hydroxyl groups is 2. The van der Waals surface area contributed by atoms with Crippen LogP contribution in [-0.4, -0.2) is 102 Å². The van der Waals surface area contributed by atoms with E-state index < -0.39 is 17.2 Å². The van der Waals surface area contributed by atoms with E-state index in [1.807, 2.05) is 0 Å². The smallest absolute Gasteiger partial charge is 2.00 e. The predicted molar refractivity (Wildman–Crippen MR) is 159 cm³/mol. The van der Waals surface area contributed by atoms with Gasteiger partial charge in [0.25, 0.3) is 6.47 Å². The third kappa shape index (κ3) is 19.0. The van der Waals surface area contributed by atoms with Crippen LogP contribution < -0.4 is 12.4 Å². The van der Waals surface area contributed by atoms with Crippen molar-refractivity contribution in [2.45, 2.75) is 58.3 Å². The summed E-state index contributed by atoms with van der Waals surface area (Å²) in [6.45, 7) is 8.83. The number of phenols is 2. The molecule has 0 saturated carbocycles. The van der Waals surface area contributed by atoms with Gasteiger partial charge in [-0.2, -0.15) is 0 Å². The molecule has 1 aliphatic heterocycles. The van der Waals surface area contributed by atoms with Gasteiger partial charge in [0.1, 0.15) is 18.1 Å². The molecule has 226 valence electrons. The van der Waals surface area contributed by atoms with E-state index in [9.17, 15) is 30.0 Å². The summed E-state index contributed by atoms with van der Waals surface area (Å²) in [5.41, 5.74) is -0.166. The maximum absolute atomic E-state index is 11.1. The molecular formula is C28H46ClInMgO9-2. The van der Waals surface area contributed by atoms with Crippen molar-refractivity contribution < 1.29 is 56.6 Å². The van der Waals surface area contributed by atoms with E-state index in [0.717, 1.165) is 13.2 Å². The molecule has 0 unspecified atom stereocenters. The van der Waals surface area contributed by atoms with Gasteiger partial charge in [0.15, 0.2) is 0 Å². The minimum Gasteiger partial charge on any atom is 2.00 e. The van der Waals surface area contributed by atoms with E-state index in [1.54, 1.807) is 33.8 Å². The maximum atomic E-state index is 11.1. The van der Waals surface area contributed by atoms with Crippen molar-refractivity contribution in [2.24, 2.45) is 0 Å². The first-order valence-corrected chi connectivity index (χ1v) is 11.1. The Morgan fingerprint density at radius 1 is 0.900 bits per heavy atom. The Bertz CT molecular complexity index is 933. The van der Waals surface area contributed by atoms with E-state index in [2.05, 4.69) is 9.47 Å². The number of phenolic OH excluding ortho intramolecular Hbond substituents is 2. The number of halogens is 1. The van der Waals surface area contributed by atoms with Crippen LogP contribution in [0.3, 0.4) is 0 Å². The van der Waals surface area contributed by atoms with Gasteiger partial charge in [0.2, 0.25) is 0 Å². The quantitative estimate of drug-likeness (QED) is 0.137. The molecule has 1 heterocycles. The summed E-state index contributed by atoms with van der Waals surface area (Å²) < 4.78 is 13.9. The number of rotatable bonds is 6. The fourth-order valence-corrected chi connectivity index (χ4v) is 2.95. The second-order valence-electron chi connectivity index (χ2n) is 8.99. The zero-order valence-electron chi connectivity index (χ0n) is 24.0. The molecule has 4 N–H and O–H groups in total. The molecule has 12 heteroatoms. The molecule has 2 aromatic rings. The molecule has 1 saturated heterocycles. The Balaban J connectivity index is -0.000000157. The number of aromatic hydroxyl groups is 2. The average molecular weight is 701 g/mol. The molecule has 1 aliphatic rings. The summed E-state index contributed by atoms with van der Waals surface area (Å²) in [7, 11) is 1.24. The third-order valence-corrected chi connectivity index (χ3v) is 4.87. The van der Waals surface area contributed by atoms with Gasteiger partial charge >= 0.3 is 54.9 Å². The Morgan fingerprint density at radius 2 is 1.35 bits per heavy atom. The molecule has 0 spiro atoms. The monoisotopic (exact) mass is 700 g/mol. The molecule has 0 atom stereocenters. The number of carbonyl (C=O) groups is 2. The van der Waals surface area contributed by atoms with Crippen LogP contribution in [0.5, 0.6) is 11.5 Å². The first-order chi connectivity index (χ1) is 16.3. The Morgan fingerprint density at radius 3 is 1.70 bits per heavy atom. The maximum Gasteiger partial charge on any atom is 2.00 e. The second-order valence-corrected chi connectivity index (χ2v) is 8.99. The number of hydrogen-bond acceptors (Lipinski definition) is 9. The number of ether oxygens (including phenoxy) is 3. The van der Waals surface area contributed by atoms with Crippen LogP contribution >= 0.6 is 0 Å². The zero-order valence-corrected chi connectivity index (χ0v) is 26.2. The van der Waals surface area contributed by atoms with Gasteiger partial charge in [0.05, 0.1) is 23.9 Å². The molecule has 0 bridgehead atoms. The van der Waals surface area contributed by atoms with E-state index in [4.69, 9.17) is 4.74 Å². The largest absolute Gasteiger partial charge is 2.00 e. The zero-order chi connectivity index (χ0) is 26.6. The summed E-state index contributed by atoms with van der Waals surface area (Å²) in [6.07, 6.45) is 2.56. The van der Waals surface area contributed by atoms with Crippen molar-refractivity contribution in [1.29, 1.82) is 0 Å². The third-order valence-electron chi connectivity index (χ3n) is 4.87. The van der Waals surface area contributed by atoms with E-state index in [1.165, 1.54) is 50.3 Å². The van der Waals surface area contributed by atoms with Crippen molar-refractivity contribution in [3.05, 3.63) is 73.5 Å². The number of methoxy groups -OCH3 is 1. The van der Waals surface area contributed by atoms with Gasteiger partial charge in [0, 0.05) is 13.2 Å². The molecule has 1 fully saturated rings. The fraction of sp³-hybridized carbons (Fsp3) is 0.429. The molecular weight excluding hydrogens is 655 g/mol. The van der Waals surface area contributed by atoms with Gasteiger partial charge in [-0.3, -0.25) is 4.79 Å². The molecule has 3 rings (SSSR count). The summed E-state index contributed by atoms with van der Waals surface area (Å²) in [5, 5.41) is 38.4.